The van der Waals surface area contributed by atoms with Crippen molar-refractivity contribution in [3.63, 3.8) is 0 Å². The average molecular weight is 350 g/mol. The normalized spacial score (nSPS) is 11.3. The van der Waals surface area contributed by atoms with Gasteiger partial charge in [-0.05, 0) is 25.5 Å². The fraction of sp³-hybridized carbons (Fsp3) is 0.222. The summed E-state index contributed by atoms with van der Waals surface area (Å²) < 4.78 is 2.82. The minimum Gasteiger partial charge on any atom is -0.290 e. The minimum absolute atomic E-state index is 0.216. The van der Waals surface area contributed by atoms with Crippen LogP contribution in [0.1, 0.15) is 24.0 Å². The maximum Gasteiger partial charge on any atom is 0.280 e. The van der Waals surface area contributed by atoms with Crippen molar-refractivity contribution in [2.24, 2.45) is 0 Å². The number of aryl methyl sites for hydroxylation is 3. The smallest absolute Gasteiger partial charge is 0.280 e. The second-order valence-electron chi connectivity index (χ2n) is 6.17. The molecule has 8 heteroatoms. The quantitative estimate of drug-likeness (QED) is 0.588. The third kappa shape index (κ3) is 2.30. The molecule has 0 radical (unpaired) electrons. The third-order valence-electron chi connectivity index (χ3n) is 4.52. The minimum atomic E-state index is -0.296. The summed E-state index contributed by atoms with van der Waals surface area (Å²) in [4.78, 5) is 30.0. The van der Waals surface area contributed by atoms with Crippen molar-refractivity contribution in [2.45, 2.75) is 27.2 Å². The van der Waals surface area contributed by atoms with E-state index < -0.39 is 0 Å². The van der Waals surface area contributed by atoms with Gasteiger partial charge in [0.2, 0.25) is 0 Å². The van der Waals surface area contributed by atoms with Crippen molar-refractivity contribution in [3.05, 3.63) is 68.1 Å². The highest BCUT2D eigenvalue weighted by molar-refractivity contribution is 5.81. The van der Waals surface area contributed by atoms with Crippen LogP contribution in [0.5, 0.6) is 0 Å². The van der Waals surface area contributed by atoms with Gasteiger partial charge < -0.3 is 0 Å². The van der Waals surface area contributed by atoms with E-state index in [0.717, 1.165) is 11.3 Å². The number of nitrogens with zero attached hydrogens (tertiary/aromatic N) is 4. The summed E-state index contributed by atoms with van der Waals surface area (Å²) in [6.45, 7) is 5.60. The molecule has 132 valence electrons. The van der Waals surface area contributed by atoms with E-state index in [-0.39, 0.29) is 17.1 Å². The lowest BCUT2D eigenvalue weighted by molar-refractivity contribution is 0.856. The van der Waals surface area contributed by atoms with Crippen LogP contribution >= 0.6 is 0 Å². The highest BCUT2D eigenvalue weighted by Crippen LogP contribution is 2.17. The molecule has 0 bridgehead atoms. The molecular weight excluding hydrogens is 332 g/mol. The van der Waals surface area contributed by atoms with Crippen LogP contribution in [0.3, 0.4) is 0 Å². The molecule has 2 N–H and O–H groups in total. The van der Waals surface area contributed by atoms with E-state index >= 15 is 0 Å². The van der Waals surface area contributed by atoms with Crippen LogP contribution in [0.15, 0.2) is 39.9 Å². The second-order valence-corrected chi connectivity index (χ2v) is 6.17. The Hall–Kier alpha value is -3.42. The molecule has 0 saturated carbocycles. The van der Waals surface area contributed by atoms with Gasteiger partial charge >= 0.3 is 0 Å². The van der Waals surface area contributed by atoms with Gasteiger partial charge in [0.15, 0.2) is 0 Å². The summed E-state index contributed by atoms with van der Waals surface area (Å²) in [5.41, 5.74) is 2.18. The Morgan fingerprint density at radius 1 is 1.15 bits per heavy atom. The molecular formula is C18H18N6O2. The van der Waals surface area contributed by atoms with Gasteiger partial charge in [0.25, 0.3) is 17.1 Å². The van der Waals surface area contributed by atoms with E-state index in [1.54, 1.807) is 6.92 Å². The fourth-order valence-electron chi connectivity index (χ4n) is 3.15. The molecule has 8 nitrogen and oxygen atoms in total. The summed E-state index contributed by atoms with van der Waals surface area (Å²) in [5.74, 6) is 0.923. The molecule has 0 aliphatic heterocycles. The lowest BCUT2D eigenvalue weighted by Crippen LogP contribution is -2.23. The van der Waals surface area contributed by atoms with Gasteiger partial charge in [0, 0.05) is 18.2 Å². The summed E-state index contributed by atoms with van der Waals surface area (Å²) in [5, 5.41) is 10.4. The van der Waals surface area contributed by atoms with Crippen LogP contribution in [-0.2, 0) is 6.42 Å². The first-order valence-electron chi connectivity index (χ1n) is 8.36. The first-order valence-corrected chi connectivity index (χ1v) is 8.36. The standard InChI is InChI=1S/C18H18N6O2/c1-4-14-19-18(21-20-14)23-11(3)16-12(9-15(23)25)22-24(17(16)26)13-8-6-5-7-10(13)2/h5-9,22H,4H2,1-3H3,(H,19,20,21). The first kappa shape index (κ1) is 16.1. The molecule has 0 atom stereocenters. The SMILES string of the molecule is CCc1nc(-n2c(C)c3c(=O)n(-c4ccccc4C)[nH]c3cc2=O)n[nH]1. The van der Waals surface area contributed by atoms with Crippen LogP contribution in [0, 0.1) is 13.8 Å². The number of hydrogen-bond donors (Lipinski definition) is 2. The maximum absolute atomic E-state index is 13.0. The summed E-state index contributed by atoms with van der Waals surface area (Å²) in [6.07, 6.45) is 0.674. The topological polar surface area (TPSA) is 101 Å². The number of para-hydroxylation sites is 1. The number of aromatic amines is 2. The Balaban J connectivity index is 2.02. The number of rotatable bonds is 3. The Bertz CT molecular complexity index is 1240. The Labute approximate surface area is 148 Å². The van der Waals surface area contributed by atoms with Gasteiger partial charge in [-0.25, -0.2) is 9.25 Å². The summed E-state index contributed by atoms with van der Waals surface area (Å²) >= 11 is 0. The Morgan fingerprint density at radius 3 is 2.62 bits per heavy atom. The monoisotopic (exact) mass is 350 g/mol. The van der Waals surface area contributed by atoms with Crippen molar-refractivity contribution in [1.82, 2.24) is 29.5 Å². The predicted molar refractivity (Wildman–Crippen MR) is 98.3 cm³/mol. The van der Waals surface area contributed by atoms with E-state index in [1.165, 1.54) is 15.3 Å². The number of aromatic nitrogens is 6. The van der Waals surface area contributed by atoms with Gasteiger partial charge in [0.05, 0.1) is 16.6 Å². The molecule has 0 fully saturated rings. The van der Waals surface area contributed by atoms with Gasteiger partial charge in [-0.3, -0.25) is 19.8 Å². The molecule has 0 spiro atoms. The molecule has 3 heterocycles. The Kier molecular flexibility index (Phi) is 3.61. The zero-order valence-corrected chi connectivity index (χ0v) is 14.7. The highest BCUT2D eigenvalue weighted by Gasteiger charge is 2.18. The van der Waals surface area contributed by atoms with Crippen molar-refractivity contribution in [3.8, 4) is 11.6 Å². The lowest BCUT2D eigenvalue weighted by atomic mass is 10.2. The number of benzene rings is 1. The van der Waals surface area contributed by atoms with Crippen LogP contribution < -0.4 is 11.1 Å². The number of pyridine rings is 1. The third-order valence-corrected chi connectivity index (χ3v) is 4.52. The van der Waals surface area contributed by atoms with Crippen molar-refractivity contribution in [1.29, 1.82) is 0 Å². The van der Waals surface area contributed by atoms with Crippen LogP contribution in [0.2, 0.25) is 0 Å². The Morgan fingerprint density at radius 2 is 1.92 bits per heavy atom. The zero-order valence-electron chi connectivity index (χ0n) is 14.7. The van der Waals surface area contributed by atoms with Crippen molar-refractivity contribution < 1.29 is 0 Å². The molecule has 0 saturated heterocycles. The van der Waals surface area contributed by atoms with E-state index in [1.807, 2.05) is 38.1 Å². The lowest BCUT2D eigenvalue weighted by Gasteiger charge is -2.05. The summed E-state index contributed by atoms with van der Waals surface area (Å²) in [7, 11) is 0. The molecule has 0 aliphatic carbocycles. The number of nitrogens with one attached hydrogen (secondary N) is 2. The van der Waals surface area contributed by atoms with Crippen molar-refractivity contribution in [2.75, 3.05) is 0 Å². The molecule has 3 aromatic heterocycles. The summed E-state index contributed by atoms with van der Waals surface area (Å²) in [6, 6.07) is 8.97. The second kappa shape index (κ2) is 5.83. The van der Waals surface area contributed by atoms with Gasteiger partial charge in [0.1, 0.15) is 5.82 Å². The van der Waals surface area contributed by atoms with Gasteiger partial charge in [-0.1, -0.05) is 25.1 Å². The van der Waals surface area contributed by atoms with E-state index in [4.69, 9.17) is 0 Å². The fourth-order valence-corrected chi connectivity index (χ4v) is 3.15. The van der Waals surface area contributed by atoms with Crippen LogP contribution in [-0.4, -0.2) is 29.5 Å². The molecule has 4 rings (SSSR count). The van der Waals surface area contributed by atoms with E-state index in [9.17, 15) is 9.59 Å². The van der Waals surface area contributed by atoms with Crippen molar-refractivity contribution >= 4 is 10.9 Å². The average Bonchev–Trinajstić information content (AvgIpc) is 3.20. The molecule has 0 aliphatic rings. The maximum atomic E-state index is 13.0. The number of fused-ring (bicyclic) bond motifs is 1. The molecule has 4 aromatic rings. The first-order chi connectivity index (χ1) is 12.5. The molecule has 0 amide bonds. The van der Waals surface area contributed by atoms with Crippen LogP contribution in [0.25, 0.3) is 22.5 Å². The van der Waals surface area contributed by atoms with Crippen LogP contribution in [0.4, 0.5) is 0 Å². The molecule has 1 aromatic carbocycles. The number of H-pyrrole nitrogens is 2. The van der Waals surface area contributed by atoms with E-state index in [2.05, 4.69) is 20.3 Å². The molecule has 26 heavy (non-hydrogen) atoms. The highest BCUT2D eigenvalue weighted by atomic mass is 16.1. The van der Waals surface area contributed by atoms with Gasteiger partial charge in [-0.2, -0.15) is 4.98 Å². The van der Waals surface area contributed by atoms with Gasteiger partial charge in [-0.15, -0.1) is 5.10 Å². The van der Waals surface area contributed by atoms with E-state index in [0.29, 0.717) is 28.8 Å². The predicted octanol–water partition coefficient (Wildman–Crippen LogP) is 1.77. The number of hydrogen-bond acceptors (Lipinski definition) is 4. The zero-order chi connectivity index (χ0) is 18.4. The largest absolute Gasteiger partial charge is 0.290 e. The molecule has 0 unspecified atom stereocenters.